The van der Waals surface area contributed by atoms with Crippen molar-refractivity contribution in [2.75, 3.05) is 24.7 Å². The van der Waals surface area contributed by atoms with Crippen LogP contribution in [0.25, 0.3) is 0 Å². The highest BCUT2D eigenvalue weighted by atomic mass is 19.1. The molecule has 1 aliphatic rings. The number of nitrogens with zero attached hydrogens (tertiary/aromatic N) is 1. The molecule has 3 N–H and O–H groups in total. The third-order valence-corrected chi connectivity index (χ3v) is 3.30. The Hall–Kier alpha value is -1.17. The first kappa shape index (κ1) is 13.3. The molecule has 0 saturated carbocycles. The van der Waals surface area contributed by atoms with Gasteiger partial charge in [-0.15, -0.1) is 0 Å². The minimum atomic E-state index is -0.283. The number of aliphatic hydroxyl groups excluding tert-OH is 1. The van der Waals surface area contributed by atoms with E-state index in [9.17, 15) is 4.39 Å². The normalized spacial score (nSPS) is 24.3. The van der Waals surface area contributed by atoms with Crippen LogP contribution < -0.4 is 10.6 Å². The molecule has 0 radical (unpaired) electrons. The first-order chi connectivity index (χ1) is 8.65. The number of morpholine rings is 1. The molecule has 4 nitrogen and oxygen atoms in total. The molecule has 1 fully saturated rings. The summed E-state index contributed by atoms with van der Waals surface area (Å²) in [6.45, 7) is 3.30. The van der Waals surface area contributed by atoms with E-state index in [0.29, 0.717) is 18.7 Å². The topological polar surface area (TPSA) is 58.7 Å². The number of aliphatic hydroxyl groups is 1. The van der Waals surface area contributed by atoms with Gasteiger partial charge in [0.1, 0.15) is 5.82 Å². The van der Waals surface area contributed by atoms with Gasteiger partial charge in [-0.05, 0) is 19.1 Å². The third kappa shape index (κ3) is 2.63. The number of rotatable bonds is 3. The van der Waals surface area contributed by atoms with Gasteiger partial charge in [0.15, 0.2) is 0 Å². The van der Waals surface area contributed by atoms with Crippen LogP contribution in [0.2, 0.25) is 0 Å². The van der Waals surface area contributed by atoms with Crippen LogP contribution in [0.15, 0.2) is 18.2 Å². The predicted octanol–water partition coefficient (Wildman–Crippen LogP) is 0.870. The fourth-order valence-electron chi connectivity index (χ4n) is 2.17. The van der Waals surface area contributed by atoms with Gasteiger partial charge in [-0.2, -0.15) is 0 Å². The zero-order valence-corrected chi connectivity index (χ0v) is 10.5. The summed E-state index contributed by atoms with van der Waals surface area (Å²) in [4.78, 5) is 2.05. The molecule has 0 spiro atoms. The molecule has 0 aromatic heterocycles. The van der Waals surface area contributed by atoms with Crippen molar-refractivity contribution >= 4 is 5.69 Å². The molecular formula is C13H19FN2O2. The molecule has 2 atom stereocenters. The molecule has 5 heteroatoms. The minimum Gasteiger partial charge on any atom is -0.394 e. The third-order valence-electron chi connectivity index (χ3n) is 3.30. The average molecular weight is 254 g/mol. The Balaban J connectivity index is 2.21. The van der Waals surface area contributed by atoms with Crippen LogP contribution in [0.3, 0.4) is 0 Å². The second-order valence-corrected chi connectivity index (χ2v) is 4.62. The van der Waals surface area contributed by atoms with Crippen molar-refractivity contribution in [1.29, 1.82) is 0 Å². The monoisotopic (exact) mass is 254 g/mol. The Kier molecular flexibility index (Phi) is 4.16. The van der Waals surface area contributed by atoms with E-state index in [1.54, 1.807) is 6.07 Å². The molecule has 1 saturated heterocycles. The Morgan fingerprint density at radius 2 is 2.33 bits per heavy atom. The van der Waals surface area contributed by atoms with Gasteiger partial charge in [-0.1, -0.05) is 6.07 Å². The first-order valence-electron chi connectivity index (χ1n) is 6.13. The van der Waals surface area contributed by atoms with Crippen LogP contribution in [0, 0.1) is 5.82 Å². The molecule has 1 aromatic carbocycles. The molecule has 1 heterocycles. The first-order valence-corrected chi connectivity index (χ1v) is 6.13. The van der Waals surface area contributed by atoms with Crippen molar-refractivity contribution in [2.24, 2.45) is 5.73 Å². The van der Waals surface area contributed by atoms with Crippen molar-refractivity contribution in [3.05, 3.63) is 29.6 Å². The molecule has 2 unspecified atom stereocenters. The summed E-state index contributed by atoms with van der Waals surface area (Å²) >= 11 is 0. The molecule has 1 aliphatic heterocycles. The van der Waals surface area contributed by atoms with Gasteiger partial charge in [0.25, 0.3) is 0 Å². The molecule has 0 aliphatic carbocycles. The van der Waals surface area contributed by atoms with E-state index in [2.05, 4.69) is 0 Å². The molecule has 2 rings (SSSR count). The van der Waals surface area contributed by atoms with Gasteiger partial charge in [0.2, 0.25) is 0 Å². The number of hydrogen-bond donors (Lipinski definition) is 2. The van der Waals surface area contributed by atoms with E-state index >= 15 is 0 Å². The molecule has 0 bridgehead atoms. The predicted molar refractivity (Wildman–Crippen MR) is 67.9 cm³/mol. The van der Waals surface area contributed by atoms with Crippen molar-refractivity contribution in [3.8, 4) is 0 Å². The quantitative estimate of drug-likeness (QED) is 0.840. The van der Waals surface area contributed by atoms with Gasteiger partial charge in [-0.25, -0.2) is 4.39 Å². The maximum atomic E-state index is 13.7. The smallest absolute Gasteiger partial charge is 0.129 e. The zero-order valence-electron chi connectivity index (χ0n) is 10.5. The Bertz CT molecular complexity index is 414. The van der Waals surface area contributed by atoms with Crippen LogP contribution in [-0.4, -0.2) is 37.0 Å². The Labute approximate surface area is 106 Å². The maximum Gasteiger partial charge on any atom is 0.129 e. The van der Waals surface area contributed by atoms with Gasteiger partial charge in [0, 0.05) is 30.4 Å². The van der Waals surface area contributed by atoms with Crippen molar-refractivity contribution in [3.63, 3.8) is 0 Å². The summed E-state index contributed by atoms with van der Waals surface area (Å²) < 4.78 is 19.2. The number of ether oxygens (including phenoxy) is 1. The van der Waals surface area contributed by atoms with E-state index < -0.39 is 0 Å². The van der Waals surface area contributed by atoms with Crippen LogP contribution in [-0.2, 0) is 11.3 Å². The van der Waals surface area contributed by atoms with Gasteiger partial charge in [0.05, 0.1) is 19.3 Å². The lowest BCUT2D eigenvalue weighted by atomic mass is 10.1. The van der Waals surface area contributed by atoms with Crippen molar-refractivity contribution in [1.82, 2.24) is 0 Å². The lowest BCUT2D eigenvalue weighted by Crippen LogP contribution is -2.49. The molecule has 0 amide bonds. The summed E-state index contributed by atoms with van der Waals surface area (Å²) in [5, 5.41) is 9.14. The summed E-state index contributed by atoms with van der Waals surface area (Å²) in [6.07, 6.45) is -0.210. The van der Waals surface area contributed by atoms with E-state index in [4.69, 9.17) is 15.6 Å². The van der Waals surface area contributed by atoms with Gasteiger partial charge >= 0.3 is 0 Å². The summed E-state index contributed by atoms with van der Waals surface area (Å²) in [5.74, 6) is -0.283. The number of anilines is 1. The highest BCUT2D eigenvalue weighted by Gasteiger charge is 2.26. The van der Waals surface area contributed by atoms with Crippen LogP contribution in [0.4, 0.5) is 10.1 Å². The Morgan fingerprint density at radius 3 is 2.94 bits per heavy atom. The fourth-order valence-corrected chi connectivity index (χ4v) is 2.17. The van der Waals surface area contributed by atoms with Crippen LogP contribution >= 0.6 is 0 Å². The van der Waals surface area contributed by atoms with Crippen LogP contribution in [0.1, 0.15) is 12.5 Å². The summed E-state index contributed by atoms with van der Waals surface area (Å²) in [5.41, 5.74) is 6.76. The number of benzene rings is 1. The largest absolute Gasteiger partial charge is 0.394 e. The number of nitrogens with two attached hydrogens (primary N) is 1. The molecule has 100 valence electrons. The van der Waals surface area contributed by atoms with Crippen molar-refractivity contribution in [2.45, 2.75) is 25.6 Å². The number of halogens is 1. The molecule has 1 aromatic rings. The molecular weight excluding hydrogens is 235 g/mol. The van der Waals surface area contributed by atoms with Gasteiger partial charge < -0.3 is 20.5 Å². The zero-order chi connectivity index (χ0) is 13.1. The number of hydrogen-bond acceptors (Lipinski definition) is 4. The fraction of sp³-hybridized carbons (Fsp3) is 0.538. The summed E-state index contributed by atoms with van der Waals surface area (Å²) in [7, 11) is 0. The van der Waals surface area contributed by atoms with E-state index in [0.717, 1.165) is 5.69 Å². The standard InChI is InChI=1S/C13H19FN2O2/c1-9-8-18-12(7-17)6-16(9)11-3-2-10(5-15)13(14)4-11/h2-4,9,12,17H,5-8,15H2,1H3. The maximum absolute atomic E-state index is 13.7. The van der Waals surface area contributed by atoms with Crippen molar-refractivity contribution < 1.29 is 14.2 Å². The second-order valence-electron chi connectivity index (χ2n) is 4.62. The minimum absolute atomic E-state index is 0.0212. The van der Waals surface area contributed by atoms with E-state index in [-0.39, 0.29) is 31.1 Å². The summed E-state index contributed by atoms with van der Waals surface area (Å²) in [6, 6.07) is 5.23. The van der Waals surface area contributed by atoms with Gasteiger partial charge in [-0.3, -0.25) is 0 Å². The lowest BCUT2D eigenvalue weighted by molar-refractivity contribution is -0.0103. The van der Waals surface area contributed by atoms with E-state index in [1.165, 1.54) is 6.07 Å². The SMILES string of the molecule is CC1COC(CO)CN1c1ccc(CN)c(F)c1. The molecule has 18 heavy (non-hydrogen) atoms. The van der Waals surface area contributed by atoms with Crippen LogP contribution in [0.5, 0.6) is 0 Å². The van der Waals surface area contributed by atoms with E-state index in [1.807, 2.05) is 17.9 Å². The highest BCUT2D eigenvalue weighted by Crippen LogP contribution is 2.24. The average Bonchev–Trinajstić information content (AvgIpc) is 2.39. The lowest BCUT2D eigenvalue weighted by Gasteiger charge is -2.39. The highest BCUT2D eigenvalue weighted by molar-refractivity contribution is 5.49. The Morgan fingerprint density at radius 1 is 1.56 bits per heavy atom. The second kappa shape index (κ2) is 5.65.